The Labute approximate surface area is 234 Å². The van der Waals surface area contributed by atoms with Crippen molar-refractivity contribution in [3.05, 3.63) is 59.7 Å². The largest absolute Gasteiger partial charge is 0.490 e. The molecule has 0 saturated heterocycles. The Kier molecular flexibility index (Phi) is 9.60. The van der Waals surface area contributed by atoms with Gasteiger partial charge in [0.2, 0.25) is 5.82 Å². The molecule has 0 fully saturated rings. The van der Waals surface area contributed by atoms with E-state index in [0.29, 0.717) is 43.1 Å². The molecule has 3 heterocycles. The third kappa shape index (κ3) is 7.70. The lowest BCUT2D eigenvalue weighted by Gasteiger charge is -2.36. The van der Waals surface area contributed by atoms with Gasteiger partial charge >= 0.3 is 5.97 Å². The summed E-state index contributed by atoms with van der Waals surface area (Å²) in [6, 6.07) is 4.36. The highest BCUT2D eigenvalue weighted by Crippen LogP contribution is 2.36. The zero-order valence-corrected chi connectivity index (χ0v) is 23.6. The molecule has 1 aliphatic heterocycles. The first-order valence-corrected chi connectivity index (χ1v) is 13.9. The number of rotatable bonds is 11. The fourth-order valence-electron chi connectivity index (χ4n) is 4.74. The average Bonchev–Trinajstić information content (AvgIpc) is 2.92. The summed E-state index contributed by atoms with van der Waals surface area (Å²) in [5.74, 6) is -1.28. The van der Waals surface area contributed by atoms with Crippen molar-refractivity contribution < 1.29 is 23.0 Å². The van der Waals surface area contributed by atoms with Gasteiger partial charge in [-0.3, -0.25) is 4.79 Å². The molecule has 0 saturated carbocycles. The van der Waals surface area contributed by atoms with Crippen LogP contribution in [0.15, 0.2) is 36.8 Å². The molecule has 0 radical (unpaired) electrons. The van der Waals surface area contributed by atoms with E-state index in [1.807, 2.05) is 32.6 Å². The van der Waals surface area contributed by atoms with Crippen molar-refractivity contribution in [3.8, 4) is 17.4 Å². The predicted octanol–water partition coefficient (Wildman–Crippen LogP) is 6.40. The van der Waals surface area contributed by atoms with E-state index in [4.69, 9.17) is 9.47 Å². The summed E-state index contributed by atoms with van der Waals surface area (Å²) >= 11 is 0. The van der Waals surface area contributed by atoms with E-state index in [1.165, 1.54) is 6.07 Å². The topological polar surface area (TPSA) is 90.3 Å². The summed E-state index contributed by atoms with van der Waals surface area (Å²) in [6.45, 7) is 8.41. The summed E-state index contributed by atoms with van der Waals surface area (Å²) in [4.78, 5) is 31.3. The highest BCUT2D eigenvalue weighted by Gasteiger charge is 2.28. The monoisotopic (exact) mass is 553 g/mol. The molecule has 214 valence electrons. The molecule has 0 amide bonds. The van der Waals surface area contributed by atoms with Crippen molar-refractivity contribution in [2.24, 2.45) is 0 Å². The molecule has 0 bridgehead atoms. The summed E-state index contributed by atoms with van der Waals surface area (Å²) < 4.78 is 40.1. The molecule has 4 rings (SSSR count). The predicted molar refractivity (Wildman–Crippen MR) is 148 cm³/mol. The lowest BCUT2D eigenvalue weighted by molar-refractivity contribution is -0.154. The number of halogens is 2. The average molecular weight is 554 g/mol. The van der Waals surface area contributed by atoms with Crippen LogP contribution in [0.5, 0.6) is 5.75 Å². The number of fused-ring (bicyclic) bond motifs is 1. The standard InChI is InChI=1S/C30H37F2N5O3/c1-20-22-19-35-29(28-33-13-10-14-34-28)36-24(22)12-15-37(20)21-17-23(31)27(32)25(18-21)39-16-9-7-5-6-8-11-26(38)40-30(2,3)4/h10,13-14,17-20H,5-9,11-12,15-16H2,1-4H3. The van der Waals surface area contributed by atoms with Gasteiger partial charge in [0, 0.05) is 61.4 Å². The Morgan fingerprint density at radius 1 is 1.02 bits per heavy atom. The van der Waals surface area contributed by atoms with Crippen molar-refractivity contribution in [3.63, 3.8) is 0 Å². The highest BCUT2D eigenvalue weighted by molar-refractivity contribution is 5.69. The Morgan fingerprint density at radius 3 is 2.50 bits per heavy atom. The van der Waals surface area contributed by atoms with Crippen molar-refractivity contribution in [1.29, 1.82) is 0 Å². The number of carbonyl (C=O) groups excluding carboxylic acids is 1. The Morgan fingerprint density at radius 2 is 1.75 bits per heavy atom. The van der Waals surface area contributed by atoms with Crippen LogP contribution in [0.25, 0.3) is 11.6 Å². The summed E-state index contributed by atoms with van der Waals surface area (Å²) in [5.41, 5.74) is 1.90. The number of hydrogen-bond donors (Lipinski definition) is 0. The van der Waals surface area contributed by atoms with Gasteiger partial charge in [0.05, 0.1) is 18.3 Å². The van der Waals surface area contributed by atoms with Gasteiger partial charge in [-0.2, -0.15) is 4.39 Å². The molecule has 40 heavy (non-hydrogen) atoms. The third-order valence-electron chi connectivity index (χ3n) is 6.69. The highest BCUT2D eigenvalue weighted by atomic mass is 19.2. The molecule has 2 aromatic heterocycles. The number of unbranched alkanes of at least 4 members (excludes halogenated alkanes) is 4. The molecule has 1 unspecified atom stereocenters. The van der Waals surface area contributed by atoms with E-state index in [9.17, 15) is 13.6 Å². The van der Waals surface area contributed by atoms with Crippen LogP contribution in [-0.2, 0) is 16.0 Å². The minimum absolute atomic E-state index is 0.0919. The minimum atomic E-state index is -0.984. The fraction of sp³-hybridized carbons (Fsp3) is 0.500. The number of aromatic nitrogens is 4. The van der Waals surface area contributed by atoms with Crippen LogP contribution in [0.3, 0.4) is 0 Å². The van der Waals surface area contributed by atoms with Crippen LogP contribution >= 0.6 is 0 Å². The smallest absolute Gasteiger partial charge is 0.306 e. The second-order valence-corrected chi connectivity index (χ2v) is 11.0. The summed E-state index contributed by atoms with van der Waals surface area (Å²) in [7, 11) is 0. The normalized spacial score (nSPS) is 15.1. The molecule has 0 aliphatic carbocycles. The Bertz CT molecular complexity index is 1300. The quantitative estimate of drug-likeness (QED) is 0.199. The van der Waals surface area contributed by atoms with Gasteiger partial charge in [-0.05, 0) is 46.6 Å². The van der Waals surface area contributed by atoms with Gasteiger partial charge in [-0.25, -0.2) is 24.3 Å². The van der Waals surface area contributed by atoms with Crippen LogP contribution in [0.1, 0.15) is 83.5 Å². The second kappa shape index (κ2) is 13.1. The molecule has 1 atom stereocenters. The third-order valence-corrected chi connectivity index (χ3v) is 6.69. The second-order valence-electron chi connectivity index (χ2n) is 11.0. The van der Waals surface area contributed by atoms with Crippen LogP contribution < -0.4 is 9.64 Å². The fourth-order valence-corrected chi connectivity index (χ4v) is 4.74. The molecule has 1 aromatic carbocycles. The number of ether oxygens (including phenoxy) is 2. The van der Waals surface area contributed by atoms with Crippen LogP contribution in [0, 0.1) is 11.6 Å². The van der Waals surface area contributed by atoms with E-state index in [2.05, 4.69) is 19.9 Å². The molecule has 0 spiro atoms. The van der Waals surface area contributed by atoms with Gasteiger partial charge in [-0.1, -0.05) is 19.3 Å². The molecule has 8 nitrogen and oxygen atoms in total. The maximum absolute atomic E-state index is 14.6. The molecular formula is C30H37F2N5O3. The Balaban J connectivity index is 1.30. The van der Waals surface area contributed by atoms with E-state index >= 15 is 0 Å². The lowest BCUT2D eigenvalue weighted by atomic mass is 9.98. The van der Waals surface area contributed by atoms with Crippen molar-refractivity contribution in [2.75, 3.05) is 18.1 Å². The van der Waals surface area contributed by atoms with Crippen molar-refractivity contribution in [2.45, 2.75) is 84.3 Å². The summed E-state index contributed by atoms with van der Waals surface area (Å²) in [6.07, 6.45) is 10.2. The first kappa shape index (κ1) is 29.3. The maximum atomic E-state index is 14.6. The van der Waals surface area contributed by atoms with Gasteiger partial charge in [0.1, 0.15) is 5.60 Å². The number of carbonyl (C=O) groups is 1. The zero-order valence-electron chi connectivity index (χ0n) is 23.6. The molecule has 0 N–H and O–H groups in total. The van der Waals surface area contributed by atoms with Gasteiger partial charge in [0.15, 0.2) is 23.2 Å². The molecular weight excluding hydrogens is 516 g/mol. The van der Waals surface area contributed by atoms with Crippen LogP contribution in [0.4, 0.5) is 14.5 Å². The SMILES string of the molecule is CC1c2cnc(-c3ncccn3)nc2CCN1c1cc(F)c(F)c(OCCCCCCCC(=O)OC(C)(C)C)c1. The van der Waals surface area contributed by atoms with Gasteiger partial charge < -0.3 is 14.4 Å². The molecule has 10 heteroatoms. The van der Waals surface area contributed by atoms with Crippen molar-refractivity contribution >= 4 is 11.7 Å². The Hall–Kier alpha value is -3.69. The number of nitrogens with zero attached hydrogens (tertiary/aromatic N) is 5. The number of anilines is 1. The van der Waals surface area contributed by atoms with Crippen LogP contribution in [-0.4, -0.2) is 44.7 Å². The number of hydrogen-bond acceptors (Lipinski definition) is 8. The minimum Gasteiger partial charge on any atom is -0.490 e. The van der Waals surface area contributed by atoms with E-state index in [0.717, 1.165) is 36.9 Å². The van der Waals surface area contributed by atoms with Crippen LogP contribution in [0.2, 0.25) is 0 Å². The summed E-state index contributed by atoms with van der Waals surface area (Å²) in [5, 5.41) is 0. The first-order chi connectivity index (χ1) is 19.1. The van der Waals surface area contributed by atoms with E-state index < -0.39 is 17.2 Å². The zero-order chi connectivity index (χ0) is 28.7. The van der Waals surface area contributed by atoms with E-state index in [-0.39, 0.29) is 24.4 Å². The molecule has 1 aliphatic rings. The first-order valence-electron chi connectivity index (χ1n) is 13.9. The number of esters is 1. The van der Waals surface area contributed by atoms with E-state index in [1.54, 1.807) is 30.7 Å². The molecule has 3 aromatic rings. The van der Waals surface area contributed by atoms with Gasteiger partial charge in [-0.15, -0.1) is 0 Å². The van der Waals surface area contributed by atoms with Gasteiger partial charge in [0.25, 0.3) is 0 Å². The number of benzene rings is 1. The maximum Gasteiger partial charge on any atom is 0.306 e. The van der Waals surface area contributed by atoms with Crippen molar-refractivity contribution in [1.82, 2.24) is 19.9 Å². The lowest BCUT2D eigenvalue weighted by Crippen LogP contribution is -2.35.